The number of hydrogen-bond acceptors (Lipinski definition) is 4. The van der Waals surface area contributed by atoms with Gasteiger partial charge in [0.15, 0.2) is 0 Å². The standard InChI is InChI=1S/C15H21N5O2/c1-18-8-6-13(16-18)11-5-4-7-20(9-11)15(21)12-10-19(2)17-14(12)22-3/h6,8,10-11H,4-5,7,9H2,1-3H3. The van der Waals surface area contributed by atoms with E-state index in [2.05, 4.69) is 10.2 Å². The van der Waals surface area contributed by atoms with Gasteiger partial charge in [0.1, 0.15) is 5.56 Å². The molecule has 0 saturated carbocycles. The molecule has 0 spiro atoms. The number of aromatic nitrogens is 4. The van der Waals surface area contributed by atoms with E-state index < -0.39 is 0 Å². The molecule has 0 radical (unpaired) electrons. The van der Waals surface area contributed by atoms with Gasteiger partial charge >= 0.3 is 0 Å². The van der Waals surface area contributed by atoms with Crippen molar-refractivity contribution >= 4 is 5.91 Å². The van der Waals surface area contributed by atoms with Gasteiger partial charge in [-0.2, -0.15) is 5.10 Å². The van der Waals surface area contributed by atoms with Crippen LogP contribution in [0.3, 0.4) is 0 Å². The summed E-state index contributed by atoms with van der Waals surface area (Å²) in [5.41, 5.74) is 1.57. The molecule has 0 aliphatic carbocycles. The predicted octanol–water partition coefficient (Wildman–Crippen LogP) is 1.18. The van der Waals surface area contributed by atoms with Crippen LogP contribution in [-0.2, 0) is 14.1 Å². The molecule has 1 fully saturated rings. The van der Waals surface area contributed by atoms with Crippen molar-refractivity contribution in [3.8, 4) is 5.88 Å². The number of carbonyl (C=O) groups excluding carboxylic acids is 1. The van der Waals surface area contributed by atoms with Crippen LogP contribution in [0.25, 0.3) is 0 Å². The van der Waals surface area contributed by atoms with Gasteiger partial charge in [-0.3, -0.25) is 14.2 Å². The van der Waals surface area contributed by atoms with E-state index in [4.69, 9.17) is 4.74 Å². The Morgan fingerprint density at radius 1 is 1.32 bits per heavy atom. The second-order valence-electron chi connectivity index (χ2n) is 5.73. The highest BCUT2D eigenvalue weighted by Crippen LogP contribution is 2.27. The molecule has 1 atom stereocenters. The van der Waals surface area contributed by atoms with Crippen LogP contribution >= 0.6 is 0 Å². The van der Waals surface area contributed by atoms with Crippen LogP contribution in [0, 0.1) is 0 Å². The lowest BCUT2D eigenvalue weighted by atomic mass is 9.94. The summed E-state index contributed by atoms with van der Waals surface area (Å²) >= 11 is 0. The molecule has 1 aliphatic rings. The molecule has 7 heteroatoms. The van der Waals surface area contributed by atoms with E-state index in [9.17, 15) is 4.79 Å². The van der Waals surface area contributed by atoms with Crippen molar-refractivity contribution in [2.75, 3.05) is 20.2 Å². The van der Waals surface area contributed by atoms with Crippen molar-refractivity contribution in [1.82, 2.24) is 24.5 Å². The molecule has 1 unspecified atom stereocenters. The van der Waals surface area contributed by atoms with Crippen LogP contribution in [0.5, 0.6) is 5.88 Å². The normalized spacial score (nSPS) is 18.5. The summed E-state index contributed by atoms with van der Waals surface area (Å²) in [6.07, 6.45) is 5.70. The lowest BCUT2D eigenvalue weighted by Gasteiger charge is -2.31. The zero-order chi connectivity index (χ0) is 15.7. The maximum atomic E-state index is 12.7. The van der Waals surface area contributed by atoms with E-state index in [0.29, 0.717) is 23.9 Å². The molecule has 1 aliphatic heterocycles. The van der Waals surface area contributed by atoms with Crippen LogP contribution in [0.15, 0.2) is 18.5 Å². The molecule has 22 heavy (non-hydrogen) atoms. The van der Waals surface area contributed by atoms with Gasteiger partial charge in [-0.15, -0.1) is 5.10 Å². The number of methoxy groups -OCH3 is 1. The number of piperidine rings is 1. The first-order valence-electron chi connectivity index (χ1n) is 7.45. The second kappa shape index (κ2) is 5.82. The molecule has 0 bridgehead atoms. The lowest BCUT2D eigenvalue weighted by Crippen LogP contribution is -2.39. The molecule has 3 rings (SSSR count). The average molecular weight is 303 g/mol. The van der Waals surface area contributed by atoms with Crippen molar-refractivity contribution in [3.63, 3.8) is 0 Å². The molecular formula is C15H21N5O2. The third kappa shape index (κ3) is 2.70. The predicted molar refractivity (Wildman–Crippen MR) is 80.8 cm³/mol. The third-order valence-electron chi connectivity index (χ3n) is 4.08. The summed E-state index contributed by atoms with van der Waals surface area (Å²) in [6.45, 7) is 1.45. The Hall–Kier alpha value is -2.31. The molecule has 0 N–H and O–H groups in total. The number of amides is 1. The Morgan fingerprint density at radius 3 is 2.82 bits per heavy atom. The number of likely N-dealkylation sites (tertiary alicyclic amines) is 1. The fraction of sp³-hybridized carbons (Fsp3) is 0.533. The van der Waals surface area contributed by atoms with Crippen LogP contribution < -0.4 is 4.74 Å². The Labute approximate surface area is 129 Å². The monoisotopic (exact) mass is 303 g/mol. The summed E-state index contributed by atoms with van der Waals surface area (Å²) < 4.78 is 8.61. The van der Waals surface area contributed by atoms with E-state index in [0.717, 1.165) is 25.1 Å². The first-order valence-corrected chi connectivity index (χ1v) is 7.45. The first kappa shape index (κ1) is 14.6. The van der Waals surface area contributed by atoms with Crippen molar-refractivity contribution in [2.24, 2.45) is 14.1 Å². The number of rotatable bonds is 3. The van der Waals surface area contributed by atoms with E-state index in [-0.39, 0.29) is 5.91 Å². The van der Waals surface area contributed by atoms with Gasteiger partial charge in [0, 0.05) is 45.5 Å². The molecule has 7 nitrogen and oxygen atoms in total. The SMILES string of the molecule is COc1nn(C)cc1C(=O)N1CCCC(c2ccn(C)n2)C1. The molecule has 0 aromatic carbocycles. The van der Waals surface area contributed by atoms with Crippen LogP contribution in [0.2, 0.25) is 0 Å². The molecule has 3 heterocycles. The van der Waals surface area contributed by atoms with E-state index >= 15 is 0 Å². The Balaban J connectivity index is 1.78. The van der Waals surface area contributed by atoms with Gasteiger partial charge in [0.2, 0.25) is 5.88 Å². The molecule has 1 amide bonds. The summed E-state index contributed by atoms with van der Waals surface area (Å²) in [7, 11) is 5.23. The molecule has 1 saturated heterocycles. The highest BCUT2D eigenvalue weighted by Gasteiger charge is 2.29. The van der Waals surface area contributed by atoms with Crippen LogP contribution in [-0.4, -0.2) is 50.6 Å². The maximum Gasteiger partial charge on any atom is 0.260 e. The number of nitrogens with zero attached hydrogens (tertiary/aromatic N) is 5. The summed E-state index contributed by atoms with van der Waals surface area (Å²) in [5, 5.41) is 8.63. The minimum atomic E-state index is -0.0226. The summed E-state index contributed by atoms with van der Waals surface area (Å²) in [5.74, 6) is 0.652. The van der Waals surface area contributed by atoms with Gasteiger partial charge in [-0.25, -0.2) is 0 Å². The molecular weight excluding hydrogens is 282 g/mol. The molecule has 118 valence electrons. The number of ether oxygens (including phenoxy) is 1. The number of carbonyl (C=O) groups is 1. The fourth-order valence-electron chi connectivity index (χ4n) is 2.99. The highest BCUT2D eigenvalue weighted by molar-refractivity contribution is 5.96. The maximum absolute atomic E-state index is 12.7. The minimum Gasteiger partial charge on any atom is -0.479 e. The second-order valence-corrected chi connectivity index (χ2v) is 5.73. The van der Waals surface area contributed by atoms with Gasteiger partial charge in [0.25, 0.3) is 5.91 Å². The molecule has 2 aromatic rings. The zero-order valence-corrected chi connectivity index (χ0v) is 13.2. The Kier molecular flexibility index (Phi) is 3.87. The largest absolute Gasteiger partial charge is 0.479 e. The highest BCUT2D eigenvalue weighted by atomic mass is 16.5. The molecule has 2 aromatic heterocycles. The van der Waals surface area contributed by atoms with Crippen LogP contribution in [0.1, 0.15) is 34.8 Å². The van der Waals surface area contributed by atoms with Crippen molar-refractivity contribution in [1.29, 1.82) is 0 Å². The summed E-state index contributed by atoms with van der Waals surface area (Å²) in [4.78, 5) is 14.6. The van der Waals surface area contributed by atoms with Crippen LogP contribution in [0.4, 0.5) is 0 Å². The minimum absolute atomic E-state index is 0.0226. The zero-order valence-electron chi connectivity index (χ0n) is 13.2. The van der Waals surface area contributed by atoms with Gasteiger partial charge in [-0.05, 0) is 18.9 Å². The first-order chi connectivity index (χ1) is 10.6. The van der Waals surface area contributed by atoms with E-state index in [1.807, 2.05) is 24.2 Å². The van der Waals surface area contributed by atoms with Gasteiger partial charge in [-0.1, -0.05) is 0 Å². The number of hydrogen-bond donors (Lipinski definition) is 0. The van der Waals surface area contributed by atoms with Crippen molar-refractivity contribution in [3.05, 3.63) is 29.7 Å². The topological polar surface area (TPSA) is 65.2 Å². The summed E-state index contributed by atoms with van der Waals surface area (Å²) in [6, 6.07) is 2.03. The third-order valence-corrected chi connectivity index (χ3v) is 4.08. The quantitative estimate of drug-likeness (QED) is 0.854. The Morgan fingerprint density at radius 2 is 2.14 bits per heavy atom. The van der Waals surface area contributed by atoms with Gasteiger partial charge < -0.3 is 9.64 Å². The van der Waals surface area contributed by atoms with Crippen molar-refractivity contribution in [2.45, 2.75) is 18.8 Å². The average Bonchev–Trinajstić information content (AvgIpc) is 3.12. The smallest absolute Gasteiger partial charge is 0.260 e. The van der Waals surface area contributed by atoms with Crippen molar-refractivity contribution < 1.29 is 9.53 Å². The Bertz CT molecular complexity index is 675. The van der Waals surface area contributed by atoms with E-state index in [1.165, 1.54) is 7.11 Å². The lowest BCUT2D eigenvalue weighted by molar-refractivity contribution is 0.0702. The number of aryl methyl sites for hydroxylation is 2. The van der Waals surface area contributed by atoms with Gasteiger partial charge in [0.05, 0.1) is 12.8 Å². The fourth-order valence-corrected chi connectivity index (χ4v) is 2.99. The van der Waals surface area contributed by atoms with E-state index in [1.54, 1.807) is 22.6 Å².